The summed E-state index contributed by atoms with van der Waals surface area (Å²) in [5.41, 5.74) is 0.311. The fourth-order valence-electron chi connectivity index (χ4n) is 2.76. The van der Waals surface area contributed by atoms with Crippen LogP contribution in [0.5, 0.6) is 5.75 Å². The van der Waals surface area contributed by atoms with Crippen molar-refractivity contribution in [1.29, 1.82) is 0 Å². The number of halogens is 2. The lowest BCUT2D eigenvalue weighted by Gasteiger charge is -2.19. The lowest BCUT2D eigenvalue weighted by atomic mass is 9.99. The zero-order chi connectivity index (χ0) is 22.9. The Labute approximate surface area is 195 Å². The first-order valence-electron chi connectivity index (χ1n) is 9.30. The van der Waals surface area contributed by atoms with E-state index in [1.54, 1.807) is 25.1 Å². The highest BCUT2D eigenvalue weighted by molar-refractivity contribution is 9.10. The summed E-state index contributed by atoms with van der Waals surface area (Å²) < 4.78 is 8.05. The molecule has 0 saturated carbocycles. The molecule has 3 aromatic rings. The number of ether oxygens (including phenoxy) is 1. The van der Waals surface area contributed by atoms with Crippen LogP contribution in [0.2, 0.25) is 0 Å². The molecule has 0 spiro atoms. The highest BCUT2D eigenvalue weighted by Gasteiger charge is 2.22. The van der Waals surface area contributed by atoms with Gasteiger partial charge in [0, 0.05) is 16.1 Å². The molecule has 0 saturated heterocycles. The first-order valence-corrected chi connectivity index (χ1v) is 10.9. The van der Waals surface area contributed by atoms with Crippen molar-refractivity contribution in [2.75, 3.05) is 6.61 Å². The van der Waals surface area contributed by atoms with Crippen LogP contribution in [0, 0.1) is 22.5 Å². The van der Waals surface area contributed by atoms with Crippen molar-refractivity contribution in [2.24, 2.45) is 10.5 Å². The summed E-state index contributed by atoms with van der Waals surface area (Å²) in [4.78, 5) is 28.3. The molecule has 0 aliphatic rings. The zero-order valence-electron chi connectivity index (χ0n) is 17.3. The van der Waals surface area contributed by atoms with Gasteiger partial charge in [-0.15, -0.1) is 0 Å². The van der Waals surface area contributed by atoms with Crippen LogP contribution < -0.4 is 10.3 Å². The number of nitro benzene ring substituents is 1. The molecular formula is C21H20Br2N4O4. The number of nitrogens with zero attached hydrogens (tertiary/aromatic N) is 4. The molecular weight excluding hydrogens is 532 g/mol. The van der Waals surface area contributed by atoms with E-state index in [2.05, 4.69) is 41.9 Å². The van der Waals surface area contributed by atoms with Gasteiger partial charge in [0.05, 0.1) is 33.1 Å². The van der Waals surface area contributed by atoms with Crippen molar-refractivity contribution in [3.05, 3.63) is 71.1 Å². The summed E-state index contributed by atoms with van der Waals surface area (Å²) in [5.74, 6) is 0.553. The zero-order valence-corrected chi connectivity index (χ0v) is 20.5. The van der Waals surface area contributed by atoms with E-state index in [1.165, 1.54) is 17.0 Å². The van der Waals surface area contributed by atoms with Gasteiger partial charge >= 0.3 is 5.69 Å². The molecule has 2 aromatic carbocycles. The van der Waals surface area contributed by atoms with E-state index >= 15 is 0 Å². The molecule has 0 radical (unpaired) electrons. The van der Waals surface area contributed by atoms with E-state index in [-0.39, 0.29) is 22.4 Å². The lowest BCUT2D eigenvalue weighted by Crippen LogP contribution is -2.20. The van der Waals surface area contributed by atoms with Gasteiger partial charge in [-0.25, -0.2) is 4.98 Å². The van der Waals surface area contributed by atoms with Gasteiger partial charge in [0.15, 0.2) is 0 Å². The number of benzene rings is 2. The summed E-state index contributed by atoms with van der Waals surface area (Å²) in [6, 6.07) is 8.25. The lowest BCUT2D eigenvalue weighted by molar-refractivity contribution is -0.386. The third-order valence-electron chi connectivity index (χ3n) is 4.18. The number of rotatable bonds is 5. The van der Waals surface area contributed by atoms with Crippen molar-refractivity contribution in [1.82, 2.24) is 9.66 Å². The molecule has 0 unspecified atom stereocenters. The molecule has 8 nitrogen and oxygen atoms in total. The van der Waals surface area contributed by atoms with E-state index in [4.69, 9.17) is 4.74 Å². The van der Waals surface area contributed by atoms with Gasteiger partial charge in [0.2, 0.25) is 5.75 Å². The molecule has 0 bridgehead atoms. The van der Waals surface area contributed by atoms with E-state index in [0.29, 0.717) is 33.4 Å². The Balaban J connectivity index is 2.03. The highest BCUT2D eigenvalue weighted by Crippen LogP contribution is 2.37. The van der Waals surface area contributed by atoms with Crippen LogP contribution in [0.15, 0.2) is 49.2 Å². The Morgan fingerprint density at radius 3 is 2.61 bits per heavy atom. The smallest absolute Gasteiger partial charge is 0.312 e. The van der Waals surface area contributed by atoms with Crippen molar-refractivity contribution in [2.45, 2.75) is 27.7 Å². The summed E-state index contributed by atoms with van der Waals surface area (Å²) in [6.07, 6.45) is 1.38. The number of nitro groups is 1. The molecule has 0 atom stereocenters. The maximum Gasteiger partial charge on any atom is 0.312 e. The van der Waals surface area contributed by atoms with Gasteiger partial charge in [-0.3, -0.25) is 14.9 Å². The summed E-state index contributed by atoms with van der Waals surface area (Å²) in [7, 11) is 0. The topological polar surface area (TPSA) is 99.6 Å². The number of hydrogen-bond donors (Lipinski definition) is 0. The van der Waals surface area contributed by atoms with Gasteiger partial charge in [-0.05, 0) is 52.5 Å². The Bertz CT molecular complexity index is 1260. The summed E-state index contributed by atoms with van der Waals surface area (Å²) in [5, 5.41) is 16.2. The number of aromatic nitrogens is 2. The van der Waals surface area contributed by atoms with Gasteiger partial charge in [0.1, 0.15) is 5.82 Å². The minimum absolute atomic E-state index is 0.155. The minimum atomic E-state index is -0.507. The third-order valence-corrected chi connectivity index (χ3v) is 5.27. The van der Waals surface area contributed by atoms with E-state index < -0.39 is 4.92 Å². The first kappa shape index (κ1) is 23.1. The average molecular weight is 552 g/mol. The van der Waals surface area contributed by atoms with Crippen molar-refractivity contribution >= 4 is 54.7 Å². The molecule has 31 heavy (non-hydrogen) atoms. The monoisotopic (exact) mass is 550 g/mol. The predicted octanol–water partition coefficient (Wildman–Crippen LogP) is 5.45. The highest BCUT2D eigenvalue weighted by atomic mass is 79.9. The summed E-state index contributed by atoms with van der Waals surface area (Å²) in [6.45, 7) is 7.91. The molecule has 1 heterocycles. The minimum Gasteiger partial charge on any atom is -0.485 e. The van der Waals surface area contributed by atoms with Gasteiger partial charge in [-0.1, -0.05) is 36.7 Å². The van der Waals surface area contributed by atoms with Crippen LogP contribution >= 0.6 is 31.9 Å². The molecule has 10 heteroatoms. The fraction of sp³-hybridized carbons (Fsp3) is 0.286. The normalized spacial score (nSPS) is 11.9. The number of fused-ring (bicyclic) bond motifs is 1. The standard InChI is InChI=1S/C21H20Br2N4O4/c1-12-25-17-6-5-14(22)9-15(17)20(28)26(12)24-10-13-7-16(23)19(18(8-13)27(29)30)31-11-21(2,3)4/h5-10H,11H2,1-4H3. The second-order valence-corrected chi connectivity index (χ2v) is 9.91. The summed E-state index contributed by atoms with van der Waals surface area (Å²) >= 11 is 6.70. The van der Waals surface area contributed by atoms with Gasteiger partial charge in [0.25, 0.3) is 5.56 Å². The molecule has 0 aliphatic heterocycles. The van der Waals surface area contributed by atoms with Crippen LogP contribution in [0.4, 0.5) is 5.69 Å². The maximum absolute atomic E-state index is 12.8. The van der Waals surface area contributed by atoms with Crippen LogP contribution in [0.25, 0.3) is 10.9 Å². The largest absolute Gasteiger partial charge is 0.485 e. The van der Waals surface area contributed by atoms with Gasteiger partial charge in [-0.2, -0.15) is 9.78 Å². The van der Waals surface area contributed by atoms with Crippen LogP contribution in [0.3, 0.4) is 0 Å². The van der Waals surface area contributed by atoms with Crippen LogP contribution in [-0.4, -0.2) is 27.4 Å². The Morgan fingerprint density at radius 2 is 1.97 bits per heavy atom. The second kappa shape index (κ2) is 8.88. The van der Waals surface area contributed by atoms with Crippen LogP contribution in [-0.2, 0) is 0 Å². The van der Waals surface area contributed by atoms with E-state index in [9.17, 15) is 14.9 Å². The van der Waals surface area contributed by atoms with E-state index in [1.807, 2.05) is 26.8 Å². The molecule has 3 rings (SSSR count). The van der Waals surface area contributed by atoms with Gasteiger partial charge < -0.3 is 4.74 Å². The van der Waals surface area contributed by atoms with Crippen LogP contribution in [0.1, 0.15) is 32.2 Å². The number of hydrogen-bond acceptors (Lipinski definition) is 6. The molecule has 0 N–H and O–H groups in total. The van der Waals surface area contributed by atoms with Crippen molar-refractivity contribution < 1.29 is 9.66 Å². The second-order valence-electron chi connectivity index (χ2n) is 8.14. The molecule has 0 aliphatic carbocycles. The Hall–Kier alpha value is -2.59. The van der Waals surface area contributed by atoms with E-state index in [0.717, 1.165) is 4.47 Å². The average Bonchev–Trinajstić information content (AvgIpc) is 2.66. The fourth-order valence-corrected chi connectivity index (χ4v) is 3.70. The van der Waals surface area contributed by atoms with Crippen molar-refractivity contribution in [3.8, 4) is 5.75 Å². The molecule has 0 fully saturated rings. The number of aryl methyl sites for hydroxylation is 1. The molecule has 1 aromatic heterocycles. The quantitative estimate of drug-likeness (QED) is 0.238. The SMILES string of the molecule is Cc1nc2ccc(Br)cc2c(=O)n1N=Cc1cc(Br)c(OCC(C)(C)C)c([N+](=O)[O-])c1. The third kappa shape index (κ3) is 5.37. The predicted molar refractivity (Wildman–Crippen MR) is 127 cm³/mol. The Kier molecular flexibility index (Phi) is 6.61. The molecule has 162 valence electrons. The maximum atomic E-state index is 12.8. The molecule has 0 amide bonds. The van der Waals surface area contributed by atoms with Crippen molar-refractivity contribution in [3.63, 3.8) is 0 Å². The Morgan fingerprint density at radius 1 is 1.26 bits per heavy atom. The first-order chi connectivity index (χ1) is 14.5.